The predicted octanol–water partition coefficient (Wildman–Crippen LogP) is 13.6. The van der Waals surface area contributed by atoms with Crippen molar-refractivity contribution < 1.29 is 41.1 Å². The lowest BCUT2D eigenvalue weighted by Gasteiger charge is -2.37. The molecule has 372 valence electrons. The molecule has 0 saturated heterocycles. The van der Waals surface area contributed by atoms with Crippen LogP contribution in [-0.2, 0) is 24.7 Å². The van der Waals surface area contributed by atoms with Crippen molar-refractivity contribution in [1.82, 2.24) is 9.13 Å². The van der Waals surface area contributed by atoms with Crippen LogP contribution in [-0.4, -0.2) is 64.1 Å². The molecule has 2 unspecified atom stereocenters. The fraction of sp³-hybridized carbons (Fsp3) is 0.490. The highest BCUT2D eigenvalue weighted by Crippen LogP contribution is 2.39. The van der Waals surface area contributed by atoms with Crippen LogP contribution in [0.25, 0.3) is 21.8 Å². The quantitative estimate of drug-likeness (QED) is 0.0545. The molecule has 68 heavy (non-hydrogen) atoms. The number of hydrogen-bond donors (Lipinski definition) is 0. The van der Waals surface area contributed by atoms with Gasteiger partial charge < -0.3 is 27.5 Å². The lowest BCUT2D eigenvalue weighted by Crippen LogP contribution is -2.42. The summed E-state index contributed by atoms with van der Waals surface area (Å²) in [4.78, 5) is 51.6. The number of ether oxygens (including phenoxy) is 2. The maximum atomic E-state index is 15.4. The zero-order valence-electron chi connectivity index (χ0n) is 41.9. The number of carbonyl (C=O) groups is 2. The molecule has 0 saturated carbocycles. The normalized spacial score (nSPS) is 13.3. The Morgan fingerprint density at radius 1 is 0.676 bits per heavy atom. The third-order valence-corrected chi connectivity index (χ3v) is 23.4. The van der Waals surface area contributed by atoms with Gasteiger partial charge in [0.15, 0.2) is 16.6 Å². The van der Waals surface area contributed by atoms with Crippen molar-refractivity contribution in [3.63, 3.8) is 0 Å². The predicted molar refractivity (Wildman–Crippen MR) is 280 cm³/mol. The minimum Gasteiger partial charge on any atom is -0.462 e. The zero-order chi connectivity index (χ0) is 51.3. The Hall–Kier alpha value is -3.82. The number of benzene rings is 3. The minimum atomic E-state index is -2.10. The van der Waals surface area contributed by atoms with Gasteiger partial charge in [-0.25, -0.2) is 22.8 Å². The van der Waals surface area contributed by atoms with E-state index in [0.717, 1.165) is 0 Å². The van der Waals surface area contributed by atoms with Crippen molar-refractivity contribution in [3.8, 4) is 0 Å². The van der Waals surface area contributed by atoms with E-state index in [9.17, 15) is 28.0 Å². The molecule has 5 aromatic rings. The van der Waals surface area contributed by atoms with Crippen LogP contribution in [0.2, 0.25) is 41.3 Å². The topological polar surface area (TPSA) is 115 Å². The van der Waals surface area contributed by atoms with Gasteiger partial charge in [0.25, 0.3) is 0 Å². The Balaban J connectivity index is 0.000000305. The molecule has 0 fully saturated rings. The Morgan fingerprint density at radius 2 is 1.10 bits per heavy atom. The minimum absolute atomic E-state index is 0.0103. The highest BCUT2D eigenvalue weighted by molar-refractivity contribution is 14.1. The lowest BCUT2D eigenvalue weighted by atomic mass is 10.00. The van der Waals surface area contributed by atoms with Crippen LogP contribution in [0.1, 0.15) is 126 Å². The van der Waals surface area contributed by atoms with Gasteiger partial charge in [-0.3, -0.25) is 9.59 Å². The number of esters is 2. The molecular weight excluding hydrogens is 1040 g/mol. The molecular formula is C51H67ClF3IN2O8Si2. The summed E-state index contributed by atoms with van der Waals surface area (Å²) in [5, 5.41) is 0.430. The fourth-order valence-electron chi connectivity index (χ4n) is 6.93. The fourth-order valence-corrected chi connectivity index (χ4v) is 9.68. The van der Waals surface area contributed by atoms with Crippen molar-refractivity contribution in [1.29, 1.82) is 0 Å². The van der Waals surface area contributed by atoms with Crippen LogP contribution in [0.4, 0.5) is 13.2 Å². The highest BCUT2D eigenvalue weighted by Gasteiger charge is 2.39. The van der Waals surface area contributed by atoms with E-state index < -0.39 is 56.9 Å². The molecule has 0 aliphatic carbocycles. The molecule has 0 aliphatic rings. The van der Waals surface area contributed by atoms with Crippen molar-refractivity contribution in [3.05, 3.63) is 124 Å². The third-order valence-electron chi connectivity index (χ3n) is 13.3. The summed E-state index contributed by atoms with van der Waals surface area (Å²) < 4.78 is 71.4. The summed E-state index contributed by atoms with van der Waals surface area (Å²) >= 11 is 7.75. The average Bonchev–Trinajstić information content (AvgIpc) is 3.24. The maximum absolute atomic E-state index is 15.4. The molecule has 0 N–H and O–H groups in total. The smallest absolute Gasteiger partial charge is 0.343 e. The Morgan fingerprint density at radius 3 is 1.51 bits per heavy atom. The van der Waals surface area contributed by atoms with Gasteiger partial charge in [-0.2, -0.15) is 0 Å². The van der Waals surface area contributed by atoms with Gasteiger partial charge in [0.2, 0.25) is 10.9 Å². The largest absolute Gasteiger partial charge is 0.462 e. The molecule has 2 aromatic heterocycles. The van der Waals surface area contributed by atoms with E-state index in [-0.39, 0.29) is 74.5 Å². The number of nitrogens with zero attached hydrogens (tertiary/aromatic N) is 2. The highest BCUT2D eigenvalue weighted by atomic mass is 127. The van der Waals surface area contributed by atoms with E-state index in [2.05, 4.69) is 67.7 Å². The molecule has 0 spiro atoms. The van der Waals surface area contributed by atoms with Gasteiger partial charge in [0.1, 0.15) is 28.6 Å². The van der Waals surface area contributed by atoms with E-state index in [0.29, 0.717) is 46.0 Å². The molecule has 3 aromatic carbocycles. The van der Waals surface area contributed by atoms with E-state index in [1.807, 2.05) is 36.4 Å². The second kappa shape index (κ2) is 22.9. The van der Waals surface area contributed by atoms with E-state index in [4.69, 9.17) is 29.9 Å². The average molecular weight is 1110 g/mol. The summed E-state index contributed by atoms with van der Waals surface area (Å²) in [5.74, 6) is -3.05. The van der Waals surface area contributed by atoms with Gasteiger partial charge in [0.05, 0.1) is 54.6 Å². The van der Waals surface area contributed by atoms with E-state index in [1.165, 1.54) is 48.8 Å². The summed E-state index contributed by atoms with van der Waals surface area (Å²) in [5.41, 5.74) is -0.0893. The molecule has 0 radical (unpaired) electrons. The Bertz CT molecular complexity index is 2770. The van der Waals surface area contributed by atoms with Crippen LogP contribution in [0.15, 0.2) is 64.4 Å². The van der Waals surface area contributed by atoms with Crippen molar-refractivity contribution in [2.45, 2.75) is 137 Å². The van der Waals surface area contributed by atoms with Gasteiger partial charge >= 0.3 is 11.9 Å². The number of fused-ring (bicyclic) bond motifs is 2. The van der Waals surface area contributed by atoms with Crippen LogP contribution in [0, 0.1) is 21.0 Å². The van der Waals surface area contributed by atoms with Gasteiger partial charge in [0, 0.05) is 33.2 Å². The summed E-state index contributed by atoms with van der Waals surface area (Å²) in [7, 11) is -4.11. The first-order valence-corrected chi connectivity index (χ1v) is 30.3. The van der Waals surface area contributed by atoms with Crippen LogP contribution in [0.5, 0.6) is 0 Å². The van der Waals surface area contributed by atoms with Crippen LogP contribution < -0.4 is 10.9 Å². The molecule has 0 bridgehead atoms. The first-order chi connectivity index (χ1) is 31.5. The number of pyridine rings is 2. The second-order valence-corrected chi connectivity index (χ2v) is 31.1. The van der Waals surface area contributed by atoms with Crippen LogP contribution >= 0.6 is 34.2 Å². The zero-order valence-corrected chi connectivity index (χ0v) is 46.8. The molecule has 17 heteroatoms. The van der Waals surface area contributed by atoms with E-state index >= 15 is 4.39 Å². The molecule has 2 heterocycles. The molecule has 10 nitrogen and oxygen atoms in total. The molecule has 5 rings (SSSR count). The second-order valence-electron chi connectivity index (χ2n) is 19.9. The number of hydrogen-bond acceptors (Lipinski definition) is 8. The van der Waals surface area contributed by atoms with Gasteiger partial charge in [-0.1, -0.05) is 79.1 Å². The molecule has 0 amide bonds. The van der Waals surface area contributed by atoms with Crippen molar-refractivity contribution in [2.75, 3.05) is 26.4 Å². The molecule has 2 atom stereocenters. The van der Waals surface area contributed by atoms with Crippen molar-refractivity contribution in [2.24, 2.45) is 0 Å². The van der Waals surface area contributed by atoms with Gasteiger partial charge in [-0.05, 0) is 127 Å². The van der Waals surface area contributed by atoms with Crippen LogP contribution in [0.3, 0.4) is 0 Å². The summed E-state index contributed by atoms with van der Waals surface area (Å²) in [6, 6.07) is 9.62. The first kappa shape index (κ1) is 56.8. The maximum Gasteiger partial charge on any atom is 0.343 e. The van der Waals surface area contributed by atoms with E-state index in [1.54, 1.807) is 29.0 Å². The number of carbonyl (C=O) groups excluding carboxylic acids is 2. The first-order valence-electron chi connectivity index (χ1n) is 23.0. The monoisotopic (exact) mass is 1110 g/mol. The summed E-state index contributed by atoms with van der Waals surface area (Å²) in [6.07, 6.45) is 4.15. The Kier molecular flexibility index (Phi) is 19.2. The molecule has 0 aliphatic heterocycles. The van der Waals surface area contributed by atoms with Gasteiger partial charge in [-0.15, -0.1) is 0 Å². The number of halogens is 5. The SMILES string of the molecule is CCOC(=O)c1cn(C(CC)CO[Si](C)(C)C(C)(C)C)c2cc(F)c(Cc3cccc(Cl)c3F)cc2c1=O.CCOC(=O)c1cn(C(CC)CO[Si](C)(C)C(C)(C)C)c2cc(F)c(I)cc2c1=O. The summed E-state index contributed by atoms with van der Waals surface area (Å²) in [6.45, 7) is 30.0. The number of rotatable bonds is 16. The standard InChI is InChI=1S/C29H36ClF2NO4Si.C22H31FINO4Si/c1-8-20(17-37-38(6,7)29(3,4)5)33-16-22(28(35)36-9-2)27(34)21-14-19(24(31)15-25(21)33)13-18-11-10-12-23(30)26(18)32;1-8-14(13-29-30(6,7)22(3,4)5)25-12-16(21(27)28-9-2)20(26)15-10-18(24)17(23)11-19(15)25/h10-12,14-16,20H,8-9,13,17H2,1-7H3;10-12,14H,8-9,13H2,1-7H3. The van der Waals surface area contributed by atoms with Crippen molar-refractivity contribution >= 4 is 84.6 Å². The Labute approximate surface area is 419 Å². The lowest BCUT2D eigenvalue weighted by molar-refractivity contribution is 0.0514. The number of aromatic nitrogens is 2. The third kappa shape index (κ3) is 12.9.